The summed E-state index contributed by atoms with van der Waals surface area (Å²) >= 11 is 6.48. The second-order valence-corrected chi connectivity index (χ2v) is 5.84. The van der Waals surface area contributed by atoms with Crippen LogP contribution < -0.4 is 0 Å². The zero-order valence-corrected chi connectivity index (χ0v) is 12.2. The predicted octanol–water partition coefficient (Wildman–Crippen LogP) is 4.82. The molecule has 0 unspecified atom stereocenters. The van der Waals surface area contributed by atoms with Gasteiger partial charge in [0, 0.05) is 10.6 Å². The maximum Gasteiger partial charge on any atom is 0.00747 e. The van der Waals surface area contributed by atoms with Crippen molar-refractivity contribution in [3.8, 4) is 0 Å². The Hall–Kier alpha value is -0.0800. The van der Waals surface area contributed by atoms with Gasteiger partial charge in [-0.3, -0.25) is 0 Å². The topological polar surface area (TPSA) is 0 Å². The lowest BCUT2D eigenvalue weighted by atomic mass is 9.87. The van der Waals surface area contributed by atoms with Crippen LogP contribution in [0.3, 0.4) is 0 Å². The molecule has 0 atom stereocenters. The van der Waals surface area contributed by atoms with Crippen molar-refractivity contribution >= 4 is 24.4 Å². The molecule has 0 bridgehead atoms. The first kappa shape index (κ1) is 14.0. The maximum atomic E-state index is 4.51. The predicted molar refractivity (Wildman–Crippen MR) is 78.8 cm³/mol. The van der Waals surface area contributed by atoms with Gasteiger partial charge in [-0.15, -0.1) is 11.8 Å². The van der Waals surface area contributed by atoms with Crippen LogP contribution in [-0.4, -0.2) is 11.5 Å². The molecule has 0 aliphatic heterocycles. The summed E-state index contributed by atoms with van der Waals surface area (Å²) in [6, 6.07) is 8.75. The van der Waals surface area contributed by atoms with E-state index >= 15 is 0 Å². The molecule has 2 heteroatoms. The monoisotopic (exact) mass is 254 g/mol. The van der Waals surface area contributed by atoms with Gasteiger partial charge < -0.3 is 0 Å². The molecule has 1 aromatic rings. The Morgan fingerprint density at radius 1 is 1.25 bits per heavy atom. The van der Waals surface area contributed by atoms with Crippen molar-refractivity contribution in [1.29, 1.82) is 0 Å². The standard InChI is InChI=1S/C14H22S2/c1-4-14(5-2,10-15)11-16-13-8-6-7-12(3)9-13/h6-9,15H,4-5,10-11H2,1-3H3. The molecule has 0 saturated carbocycles. The van der Waals surface area contributed by atoms with Crippen LogP contribution in [0.2, 0.25) is 0 Å². The molecule has 0 N–H and O–H groups in total. The van der Waals surface area contributed by atoms with Gasteiger partial charge in [0.05, 0.1) is 0 Å². The van der Waals surface area contributed by atoms with Crippen LogP contribution in [-0.2, 0) is 0 Å². The highest BCUT2D eigenvalue weighted by Gasteiger charge is 2.24. The third kappa shape index (κ3) is 3.74. The number of hydrogen-bond acceptors (Lipinski definition) is 2. The van der Waals surface area contributed by atoms with Gasteiger partial charge in [0.2, 0.25) is 0 Å². The van der Waals surface area contributed by atoms with Crippen LogP contribution in [0.4, 0.5) is 0 Å². The number of thioether (sulfide) groups is 1. The summed E-state index contributed by atoms with van der Waals surface area (Å²) < 4.78 is 0. The SMILES string of the molecule is CCC(CC)(CS)CSc1cccc(C)c1. The minimum Gasteiger partial charge on any atom is -0.179 e. The van der Waals surface area contributed by atoms with Crippen molar-refractivity contribution in [1.82, 2.24) is 0 Å². The maximum absolute atomic E-state index is 4.51. The van der Waals surface area contributed by atoms with Gasteiger partial charge in [-0.1, -0.05) is 31.5 Å². The van der Waals surface area contributed by atoms with Crippen molar-refractivity contribution < 1.29 is 0 Å². The fourth-order valence-electron chi connectivity index (χ4n) is 1.66. The van der Waals surface area contributed by atoms with E-state index in [1.54, 1.807) is 0 Å². The van der Waals surface area contributed by atoms with Gasteiger partial charge in [-0.2, -0.15) is 12.6 Å². The smallest absolute Gasteiger partial charge is 0.00747 e. The van der Waals surface area contributed by atoms with Crippen LogP contribution in [0, 0.1) is 12.3 Å². The van der Waals surface area contributed by atoms with Crippen molar-refractivity contribution in [3.63, 3.8) is 0 Å². The highest BCUT2D eigenvalue weighted by Crippen LogP contribution is 2.35. The minimum absolute atomic E-state index is 0.400. The van der Waals surface area contributed by atoms with Crippen molar-refractivity contribution in [2.45, 2.75) is 38.5 Å². The van der Waals surface area contributed by atoms with Gasteiger partial charge in [0.25, 0.3) is 0 Å². The lowest BCUT2D eigenvalue weighted by Gasteiger charge is -2.29. The molecule has 0 radical (unpaired) electrons. The summed E-state index contributed by atoms with van der Waals surface area (Å²) in [5, 5.41) is 0. The first-order valence-corrected chi connectivity index (χ1v) is 7.58. The molecular weight excluding hydrogens is 232 g/mol. The summed E-state index contributed by atoms with van der Waals surface area (Å²) in [5.74, 6) is 2.16. The summed E-state index contributed by atoms with van der Waals surface area (Å²) in [5.41, 5.74) is 1.74. The molecule has 0 amide bonds. The summed E-state index contributed by atoms with van der Waals surface area (Å²) in [6.45, 7) is 6.70. The summed E-state index contributed by atoms with van der Waals surface area (Å²) in [6.07, 6.45) is 2.43. The van der Waals surface area contributed by atoms with E-state index in [4.69, 9.17) is 0 Å². The van der Waals surface area contributed by atoms with E-state index < -0.39 is 0 Å². The van der Waals surface area contributed by atoms with Crippen LogP contribution >= 0.6 is 24.4 Å². The molecule has 0 aromatic heterocycles. The van der Waals surface area contributed by atoms with Gasteiger partial charge in [-0.25, -0.2) is 0 Å². The van der Waals surface area contributed by atoms with E-state index in [1.165, 1.54) is 29.1 Å². The van der Waals surface area contributed by atoms with E-state index in [0.717, 1.165) is 5.75 Å². The average molecular weight is 254 g/mol. The molecule has 1 rings (SSSR count). The third-order valence-corrected chi connectivity index (χ3v) is 5.38. The molecule has 0 saturated heterocycles. The van der Waals surface area contributed by atoms with Crippen molar-refractivity contribution in [3.05, 3.63) is 29.8 Å². The minimum atomic E-state index is 0.400. The highest BCUT2D eigenvalue weighted by molar-refractivity contribution is 7.99. The van der Waals surface area contributed by atoms with E-state index in [2.05, 4.69) is 57.7 Å². The van der Waals surface area contributed by atoms with Gasteiger partial charge in [0.15, 0.2) is 0 Å². The van der Waals surface area contributed by atoms with Crippen LogP contribution in [0.15, 0.2) is 29.2 Å². The fourth-order valence-corrected chi connectivity index (χ4v) is 3.80. The zero-order valence-electron chi connectivity index (χ0n) is 10.5. The Morgan fingerprint density at radius 2 is 1.94 bits per heavy atom. The second-order valence-electron chi connectivity index (χ2n) is 4.47. The first-order chi connectivity index (χ1) is 7.65. The molecule has 0 fully saturated rings. The molecule has 0 aliphatic carbocycles. The van der Waals surface area contributed by atoms with Gasteiger partial charge >= 0.3 is 0 Å². The molecule has 0 aliphatic rings. The summed E-state index contributed by atoms with van der Waals surface area (Å²) in [4.78, 5) is 1.38. The molecule has 90 valence electrons. The number of thiol groups is 1. The number of benzene rings is 1. The molecule has 0 nitrogen and oxygen atoms in total. The Balaban J connectivity index is 2.62. The Kier molecular flexibility index (Phi) is 5.77. The van der Waals surface area contributed by atoms with Gasteiger partial charge in [-0.05, 0) is 43.1 Å². The van der Waals surface area contributed by atoms with E-state index in [9.17, 15) is 0 Å². The van der Waals surface area contributed by atoms with E-state index in [-0.39, 0.29) is 0 Å². The van der Waals surface area contributed by atoms with Crippen molar-refractivity contribution in [2.75, 3.05) is 11.5 Å². The lowest BCUT2D eigenvalue weighted by Crippen LogP contribution is -2.24. The highest BCUT2D eigenvalue weighted by atomic mass is 32.2. The second kappa shape index (κ2) is 6.61. The molecule has 16 heavy (non-hydrogen) atoms. The third-order valence-electron chi connectivity index (χ3n) is 3.37. The van der Waals surface area contributed by atoms with E-state index in [1.807, 2.05) is 11.8 Å². The number of hydrogen-bond donors (Lipinski definition) is 1. The van der Waals surface area contributed by atoms with Crippen LogP contribution in [0.25, 0.3) is 0 Å². The van der Waals surface area contributed by atoms with Crippen LogP contribution in [0.1, 0.15) is 32.3 Å². The fraction of sp³-hybridized carbons (Fsp3) is 0.571. The molecule has 1 aromatic carbocycles. The first-order valence-electron chi connectivity index (χ1n) is 5.96. The molecule has 0 spiro atoms. The number of rotatable bonds is 6. The molecule has 0 heterocycles. The normalized spacial score (nSPS) is 11.8. The van der Waals surface area contributed by atoms with Gasteiger partial charge in [0.1, 0.15) is 0 Å². The van der Waals surface area contributed by atoms with Crippen molar-refractivity contribution in [2.24, 2.45) is 5.41 Å². The largest absolute Gasteiger partial charge is 0.179 e. The van der Waals surface area contributed by atoms with Crippen LogP contribution in [0.5, 0.6) is 0 Å². The Bertz CT molecular complexity index is 308. The lowest BCUT2D eigenvalue weighted by molar-refractivity contribution is 0.357. The zero-order chi connectivity index (χ0) is 12.0. The molecular formula is C14H22S2. The summed E-state index contributed by atoms with van der Waals surface area (Å²) in [7, 11) is 0. The average Bonchev–Trinajstić information content (AvgIpc) is 2.32. The van der Waals surface area contributed by atoms with E-state index in [0.29, 0.717) is 5.41 Å². The number of aryl methyl sites for hydroxylation is 1. The Labute approximate surface area is 110 Å². The Morgan fingerprint density at radius 3 is 2.44 bits per heavy atom. The quantitative estimate of drug-likeness (QED) is 0.561.